The number of likely N-dealkylation sites (tertiary alicyclic amines) is 1. The van der Waals surface area contributed by atoms with Crippen molar-refractivity contribution in [3.8, 4) is 0 Å². The minimum Gasteiger partial charge on any atom is -0.444 e. The fourth-order valence-electron chi connectivity index (χ4n) is 2.70. The number of amides is 1. The standard InChI is InChI=1S/C17H28N2O2/c1-17(2,3)21-16(20)19-11-9-14(10-12-19)13-18-15-7-5-4-6-8-15/h4-7,14-15,18H,8-13H2,1-3H3. The highest BCUT2D eigenvalue weighted by molar-refractivity contribution is 5.68. The number of rotatable bonds is 3. The molecular weight excluding hydrogens is 264 g/mol. The molecule has 0 bridgehead atoms. The maximum Gasteiger partial charge on any atom is 0.410 e. The van der Waals surface area contributed by atoms with Crippen molar-refractivity contribution in [1.82, 2.24) is 10.2 Å². The van der Waals surface area contributed by atoms with Crippen LogP contribution in [0.15, 0.2) is 24.3 Å². The maximum atomic E-state index is 12.0. The molecule has 4 nitrogen and oxygen atoms in total. The van der Waals surface area contributed by atoms with Gasteiger partial charge in [-0.05, 0) is 52.5 Å². The van der Waals surface area contributed by atoms with E-state index in [2.05, 4.69) is 29.6 Å². The predicted octanol–water partition coefficient (Wildman–Crippen LogP) is 3.11. The average molecular weight is 292 g/mol. The van der Waals surface area contributed by atoms with Crippen LogP contribution >= 0.6 is 0 Å². The van der Waals surface area contributed by atoms with E-state index in [0.29, 0.717) is 12.0 Å². The van der Waals surface area contributed by atoms with Gasteiger partial charge in [0.05, 0.1) is 0 Å². The first-order chi connectivity index (χ1) is 9.94. The Hall–Kier alpha value is -1.29. The predicted molar refractivity (Wildman–Crippen MR) is 85.2 cm³/mol. The van der Waals surface area contributed by atoms with Crippen LogP contribution in [0.3, 0.4) is 0 Å². The first kappa shape index (κ1) is 16.1. The zero-order chi connectivity index (χ0) is 15.3. The third kappa shape index (κ3) is 5.54. The summed E-state index contributed by atoms with van der Waals surface area (Å²) in [6, 6.07) is 0.471. The molecule has 0 aromatic carbocycles. The molecule has 0 aromatic rings. The van der Waals surface area contributed by atoms with E-state index < -0.39 is 5.60 Å². The van der Waals surface area contributed by atoms with Gasteiger partial charge in [-0.3, -0.25) is 0 Å². The van der Waals surface area contributed by atoms with Gasteiger partial charge in [0.15, 0.2) is 0 Å². The highest BCUT2D eigenvalue weighted by Gasteiger charge is 2.26. The molecule has 1 N–H and O–H groups in total. The Morgan fingerprint density at radius 1 is 1.29 bits per heavy atom. The van der Waals surface area contributed by atoms with Gasteiger partial charge in [0, 0.05) is 19.1 Å². The van der Waals surface area contributed by atoms with Crippen molar-refractivity contribution in [3.63, 3.8) is 0 Å². The van der Waals surface area contributed by atoms with Crippen molar-refractivity contribution in [2.24, 2.45) is 5.92 Å². The van der Waals surface area contributed by atoms with Gasteiger partial charge < -0.3 is 15.0 Å². The van der Waals surface area contributed by atoms with Crippen LogP contribution in [-0.4, -0.2) is 42.3 Å². The number of hydrogen-bond acceptors (Lipinski definition) is 3. The lowest BCUT2D eigenvalue weighted by Gasteiger charge is -2.34. The highest BCUT2D eigenvalue weighted by Crippen LogP contribution is 2.19. The van der Waals surface area contributed by atoms with E-state index in [1.807, 2.05) is 25.7 Å². The molecule has 1 atom stereocenters. The third-order valence-electron chi connectivity index (χ3n) is 3.92. The summed E-state index contributed by atoms with van der Waals surface area (Å²) in [7, 11) is 0. The molecule has 1 unspecified atom stereocenters. The molecule has 1 aliphatic heterocycles. The minimum absolute atomic E-state index is 0.172. The maximum absolute atomic E-state index is 12.0. The topological polar surface area (TPSA) is 41.6 Å². The number of piperidine rings is 1. The second-order valence-corrected chi connectivity index (χ2v) is 6.97. The van der Waals surface area contributed by atoms with E-state index in [1.165, 1.54) is 0 Å². The van der Waals surface area contributed by atoms with Crippen LogP contribution in [0.5, 0.6) is 0 Å². The Morgan fingerprint density at radius 2 is 2.00 bits per heavy atom. The van der Waals surface area contributed by atoms with E-state index in [0.717, 1.165) is 38.9 Å². The molecule has 2 aliphatic rings. The summed E-state index contributed by atoms with van der Waals surface area (Å²) in [5.74, 6) is 0.656. The summed E-state index contributed by atoms with van der Waals surface area (Å²) < 4.78 is 5.42. The Balaban J connectivity index is 1.67. The number of hydrogen-bond donors (Lipinski definition) is 1. The summed E-state index contributed by atoms with van der Waals surface area (Å²) in [6.07, 6.45) is 11.6. The second kappa shape index (κ2) is 7.12. The largest absolute Gasteiger partial charge is 0.444 e. The number of ether oxygens (including phenoxy) is 1. The normalized spacial score (nSPS) is 23.4. The second-order valence-electron chi connectivity index (χ2n) is 6.97. The smallest absolute Gasteiger partial charge is 0.410 e. The molecule has 1 aliphatic carbocycles. The SMILES string of the molecule is CC(C)(C)OC(=O)N1CCC(CNC2C=CC=CC2)CC1. The van der Waals surface area contributed by atoms with E-state index >= 15 is 0 Å². The zero-order valence-electron chi connectivity index (χ0n) is 13.5. The molecule has 1 amide bonds. The van der Waals surface area contributed by atoms with Gasteiger partial charge in [-0.15, -0.1) is 0 Å². The lowest BCUT2D eigenvalue weighted by molar-refractivity contribution is 0.0183. The lowest BCUT2D eigenvalue weighted by atomic mass is 9.96. The van der Waals surface area contributed by atoms with Crippen molar-refractivity contribution in [1.29, 1.82) is 0 Å². The Labute approximate surface area is 128 Å². The number of carbonyl (C=O) groups is 1. The fourth-order valence-corrected chi connectivity index (χ4v) is 2.70. The third-order valence-corrected chi connectivity index (χ3v) is 3.92. The van der Waals surface area contributed by atoms with Crippen LogP contribution in [-0.2, 0) is 4.74 Å². The van der Waals surface area contributed by atoms with E-state index in [1.54, 1.807) is 0 Å². The minimum atomic E-state index is -0.406. The Bertz CT molecular complexity index is 402. The van der Waals surface area contributed by atoms with Gasteiger partial charge in [-0.25, -0.2) is 4.79 Å². The number of nitrogens with one attached hydrogen (secondary N) is 1. The van der Waals surface area contributed by atoms with Gasteiger partial charge in [0.1, 0.15) is 5.60 Å². The molecule has 0 spiro atoms. The molecule has 21 heavy (non-hydrogen) atoms. The average Bonchev–Trinajstić information content (AvgIpc) is 2.45. The van der Waals surface area contributed by atoms with Crippen LogP contribution in [0, 0.1) is 5.92 Å². The molecule has 0 aromatic heterocycles. The molecule has 1 heterocycles. The highest BCUT2D eigenvalue weighted by atomic mass is 16.6. The van der Waals surface area contributed by atoms with Gasteiger partial charge >= 0.3 is 6.09 Å². The monoisotopic (exact) mass is 292 g/mol. The van der Waals surface area contributed by atoms with Gasteiger partial charge in [-0.2, -0.15) is 0 Å². The summed E-state index contributed by atoms with van der Waals surface area (Å²) in [5, 5.41) is 3.60. The van der Waals surface area contributed by atoms with E-state index in [9.17, 15) is 4.79 Å². The van der Waals surface area contributed by atoms with Crippen LogP contribution in [0.25, 0.3) is 0 Å². The van der Waals surface area contributed by atoms with Crippen LogP contribution in [0.2, 0.25) is 0 Å². The number of nitrogens with zero attached hydrogens (tertiary/aromatic N) is 1. The quantitative estimate of drug-likeness (QED) is 0.869. The van der Waals surface area contributed by atoms with Crippen LogP contribution in [0.4, 0.5) is 4.79 Å². The lowest BCUT2D eigenvalue weighted by Crippen LogP contribution is -2.44. The molecule has 0 radical (unpaired) electrons. The van der Waals surface area contributed by atoms with Crippen LogP contribution < -0.4 is 5.32 Å². The van der Waals surface area contributed by atoms with E-state index in [4.69, 9.17) is 4.74 Å². The van der Waals surface area contributed by atoms with Gasteiger partial charge in [-0.1, -0.05) is 24.3 Å². The van der Waals surface area contributed by atoms with Crippen molar-refractivity contribution in [3.05, 3.63) is 24.3 Å². The van der Waals surface area contributed by atoms with Crippen molar-refractivity contribution < 1.29 is 9.53 Å². The zero-order valence-corrected chi connectivity index (χ0v) is 13.5. The molecule has 1 fully saturated rings. The van der Waals surface area contributed by atoms with Crippen molar-refractivity contribution in [2.45, 2.75) is 51.7 Å². The molecule has 1 saturated heterocycles. The Kier molecular flexibility index (Phi) is 5.45. The first-order valence-electron chi connectivity index (χ1n) is 7.99. The summed E-state index contributed by atoms with van der Waals surface area (Å²) >= 11 is 0. The first-order valence-corrected chi connectivity index (χ1v) is 7.99. The van der Waals surface area contributed by atoms with E-state index in [-0.39, 0.29) is 6.09 Å². The summed E-state index contributed by atoms with van der Waals surface area (Å²) in [5.41, 5.74) is -0.406. The summed E-state index contributed by atoms with van der Waals surface area (Å²) in [6.45, 7) is 8.38. The summed E-state index contributed by atoms with van der Waals surface area (Å²) in [4.78, 5) is 13.8. The molecule has 118 valence electrons. The number of carbonyl (C=O) groups excluding carboxylic acids is 1. The molecular formula is C17H28N2O2. The van der Waals surface area contributed by atoms with Gasteiger partial charge in [0.25, 0.3) is 0 Å². The van der Waals surface area contributed by atoms with Crippen molar-refractivity contribution in [2.75, 3.05) is 19.6 Å². The van der Waals surface area contributed by atoms with Gasteiger partial charge in [0.2, 0.25) is 0 Å². The molecule has 0 saturated carbocycles. The number of allylic oxidation sites excluding steroid dienone is 2. The van der Waals surface area contributed by atoms with Crippen molar-refractivity contribution >= 4 is 6.09 Å². The van der Waals surface area contributed by atoms with Crippen LogP contribution in [0.1, 0.15) is 40.0 Å². The molecule has 4 heteroatoms. The Morgan fingerprint density at radius 3 is 2.57 bits per heavy atom. The fraction of sp³-hybridized carbons (Fsp3) is 0.706. The molecule has 2 rings (SSSR count).